The number of rotatable bonds is 8. The first-order valence-electron chi connectivity index (χ1n) is 7.72. The van der Waals surface area contributed by atoms with E-state index in [1.165, 1.54) is 0 Å². The van der Waals surface area contributed by atoms with Gasteiger partial charge in [-0.3, -0.25) is 14.4 Å². The van der Waals surface area contributed by atoms with Gasteiger partial charge in [0.25, 0.3) is 5.91 Å². The van der Waals surface area contributed by atoms with Crippen molar-refractivity contribution in [3.05, 3.63) is 42.5 Å². The summed E-state index contributed by atoms with van der Waals surface area (Å²) in [6, 6.07) is 6.75. The van der Waals surface area contributed by atoms with Crippen molar-refractivity contribution in [3.8, 4) is 0 Å². The molecule has 0 aliphatic heterocycles. The number of hydrogen-bond donors (Lipinski definition) is 3. The molecule has 0 bridgehead atoms. The third-order valence-corrected chi connectivity index (χ3v) is 3.15. The number of amides is 2. The van der Waals surface area contributed by atoms with Crippen LogP contribution in [0.5, 0.6) is 0 Å². The Morgan fingerprint density at radius 3 is 2.64 bits per heavy atom. The van der Waals surface area contributed by atoms with Crippen molar-refractivity contribution < 1.29 is 19.1 Å². The lowest BCUT2D eigenvalue weighted by Crippen LogP contribution is -2.35. The predicted molar refractivity (Wildman–Crippen MR) is 99.2 cm³/mol. The highest BCUT2D eigenvalue weighted by atomic mass is 32.1. The summed E-state index contributed by atoms with van der Waals surface area (Å²) in [5.74, 6) is -1.15. The molecule has 1 aromatic carbocycles. The maximum Gasteiger partial charge on any atom is 0.306 e. The van der Waals surface area contributed by atoms with Gasteiger partial charge >= 0.3 is 5.97 Å². The topological polar surface area (TPSA) is 96.5 Å². The maximum atomic E-state index is 12.1. The van der Waals surface area contributed by atoms with Gasteiger partial charge in [-0.25, -0.2) is 0 Å². The van der Waals surface area contributed by atoms with Gasteiger partial charge in [-0.15, -0.1) is 6.58 Å². The summed E-state index contributed by atoms with van der Waals surface area (Å²) in [4.78, 5) is 35.1. The molecule has 0 heterocycles. The summed E-state index contributed by atoms with van der Waals surface area (Å²) < 4.78 is 4.75. The summed E-state index contributed by atoms with van der Waals surface area (Å²) in [7, 11) is 0. The van der Waals surface area contributed by atoms with Crippen molar-refractivity contribution in [3.63, 3.8) is 0 Å². The van der Waals surface area contributed by atoms with Crippen molar-refractivity contribution in [1.29, 1.82) is 0 Å². The van der Waals surface area contributed by atoms with Crippen LogP contribution in [0.4, 0.5) is 5.69 Å². The SMILES string of the molecule is C=CCNC(=O)c1ccccc1NC(=S)NC(=O)CCC(=O)OCC. The Bertz CT molecular complexity index is 661. The van der Waals surface area contributed by atoms with Gasteiger partial charge in [0, 0.05) is 13.0 Å². The number of carbonyl (C=O) groups excluding carboxylic acids is 3. The van der Waals surface area contributed by atoms with Crippen LogP contribution < -0.4 is 16.0 Å². The highest BCUT2D eigenvalue weighted by molar-refractivity contribution is 7.80. The number of ether oxygens (including phenoxy) is 1. The van der Waals surface area contributed by atoms with E-state index in [0.717, 1.165) is 0 Å². The van der Waals surface area contributed by atoms with Gasteiger partial charge in [0.1, 0.15) is 0 Å². The van der Waals surface area contributed by atoms with E-state index in [4.69, 9.17) is 17.0 Å². The van der Waals surface area contributed by atoms with E-state index in [-0.39, 0.29) is 30.5 Å². The van der Waals surface area contributed by atoms with Crippen LogP contribution in [0, 0.1) is 0 Å². The molecule has 25 heavy (non-hydrogen) atoms. The molecule has 3 N–H and O–H groups in total. The molecular formula is C17H21N3O4S. The Hall–Kier alpha value is -2.74. The average Bonchev–Trinajstić information content (AvgIpc) is 2.58. The van der Waals surface area contributed by atoms with Crippen LogP contribution in [0.25, 0.3) is 0 Å². The second-order valence-electron chi connectivity index (χ2n) is 4.85. The molecule has 7 nitrogen and oxygen atoms in total. The number of thiocarbonyl (C=S) groups is 1. The van der Waals surface area contributed by atoms with E-state index in [1.54, 1.807) is 37.3 Å². The van der Waals surface area contributed by atoms with Crippen molar-refractivity contribution in [2.45, 2.75) is 19.8 Å². The van der Waals surface area contributed by atoms with Crippen LogP contribution in [0.3, 0.4) is 0 Å². The third-order valence-electron chi connectivity index (χ3n) is 2.94. The second kappa shape index (κ2) is 10.9. The van der Waals surface area contributed by atoms with Crippen LogP contribution in [-0.4, -0.2) is 36.0 Å². The molecule has 134 valence electrons. The van der Waals surface area contributed by atoms with Gasteiger partial charge in [0.05, 0.1) is 24.3 Å². The van der Waals surface area contributed by atoms with Crippen molar-refractivity contribution in [2.75, 3.05) is 18.5 Å². The molecule has 1 rings (SSSR count). The van der Waals surface area contributed by atoms with Crippen LogP contribution in [0.2, 0.25) is 0 Å². The Labute approximate surface area is 151 Å². The molecule has 0 aliphatic carbocycles. The normalized spacial score (nSPS) is 9.64. The van der Waals surface area contributed by atoms with Crippen molar-refractivity contribution in [2.24, 2.45) is 0 Å². The molecule has 2 amide bonds. The molecule has 0 spiro atoms. The van der Waals surface area contributed by atoms with Gasteiger partial charge in [0.15, 0.2) is 5.11 Å². The lowest BCUT2D eigenvalue weighted by atomic mass is 10.1. The Morgan fingerprint density at radius 1 is 1.24 bits per heavy atom. The van der Waals surface area contributed by atoms with Crippen molar-refractivity contribution >= 4 is 40.8 Å². The predicted octanol–water partition coefficient (Wildman–Crippen LogP) is 1.76. The zero-order chi connectivity index (χ0) is 18.7. The summed E-state index contributed by atoms with van der Waals surface area (Å²) in [6.07, 6.45) is 1.51. The minimum Gasteiger partial charge on any atom is -0.466 e. The van der Waals surface area contributed by atoms with Gasteiger partial charge in [-0.2, -0.15) is 0 Å². The fourth-order valence-corrected chi connectivity index (χ4v) is 2.07. The van der Waals surface area contributed by atoms with Crippen LogP contribution in [0.1, 0.15) is 30.1 Å². The standard InChI is InChI=1S/C17H21N3O4S/c1-3-11-18-16(23)12-7-5-6-8-13(12)19-17(25)20-14(21)9-10-15(22)24-4-2/h3,5-8H,1,4,9-11H2,2H3,(H,18,23)(H2,19,20,21,25). The number of nitrogens with one attached hydrogen (secondary N) is 3. The first-order chi connectivity index (χ1) is 12.0. The first kappa shape index (κ1) is 20.3. The number of hydrogen-bond acceptors (Lipinski definition) is 5. The second-order valence-corrected chi connectivity index (χ2v) is 5.26. The molecule has 8 heteroatoms. The highest BCUT2D eigenvalue weighted by Gasteiger charge is 2.13. The van der Waals surface area contributed by atoms with E-state index < -0.39 is 11.9 Å². The minimum atomic E-state index is -0.444. The Kier molecular flexibility index (Phi) is 8.87. The third kappa shape index (κ3) is 7.58. The molecule has 0 atom stereocenters. The quantitative estimate of drug-likeness (QED) is 0.370. The molecule has 0 aliphatic rings. The first-order valence-corrected chi connectivity index (χ1v) is 8.13. The average molecular weight is 363 g/mol. The van der Waals surface area contributed by atoms with Crippen molar-refractivity contribution in [1.82, 2.24) is 10.6 Å². The molecule has 0 saturated heterocycles. The van der Waals surface area contributed by atoms with E-state index in [0.29, 0.717) is 17.8 Å². The zero-order valence-corrected chi connectivity index (χ0v) is 14.8. The number of carbonyl (C=O) groups is 3. The van der Waals surface area contributed by atoms with E-state index in [2.05, 4.69) is 22.5 Å². The van der Waals surface area contributed by atoms with E-state index in [1.807, 2.05) is 0 Å². The summed E-state index contributed by atoms with van der Waals surface area (Å²) >= 11 is 5.07. The van der Waals surface area contributed by atoms with Gasteiger partial charge in [-0.1, -0.05) is 18.2 Å². The number of anilines is 1. The summed E-state index contributed by atoms with van der Waals surface area (Å²) in [6.45, 7) is 5.84. The molecule has 0 saturated carbocycles. The molecule has 0 unspecified atom stereocenters. The number of benzene rings is 1. The lowest BCUT2D eigenvalue weighted by Gasteiger charge is -2.13. The van der Waals surface area contributed by atoms with Crippen LogP contribution >= 0.6 is 12.2 Å². The fraction of sp³-hybridized carbons (Fsp3) is 0.294. The monoisotopic (exact) mass is 363 g/mol. The Morgan fingerprint density at radius 2 is 1.96 bits per heavy atom. The smallest absolute Gasteiger partial charge is 0.306 e. The molecular weight excluding hydrogens is 342 g/mol. The highest BCUT2D eigenvalue weighted by Crippen LogP contribution is 2.14. The molecule has 0 radical (unpaired) electrons. The van der Waals surface area contributed by atoms with Gasteiger partial charge in [0.2, 0.25) is 5.91 Å². The largest absolute Gasteiger partial charge is 0.466 e. The molecule has 1 aromatic rings. The van der Waals surface area contributed by atoms with E-state index >= 15 is 0 Å². The van der Waals surface area contributed by atoms with Gasteiger partial charge < -0.3 is 20.7 Å². The van der Waals surface area contributed by atoms with Crippen LogP contribution in [-0.2, 0) is 14.3 Å². The number of esters is 1. The van der Waals surface area contributed by atoms with Gasteiger partial charge in [-0.05, 0) is 31.3 Å². The molecule has 0 aromatic heterocycles. The minimum absolute atomic E-state index is 0.0250. The maximum absolute atomic E-state index is 12.1. The Balaban J connectivity index is 2.59. The fourth-order valence-electron chi connectivity index (χ4n) is 1.84. The van der Waals surface area contributed by atoms with E-state index in [9.17, 15) is 14.4 Å². The summed E-state index contributed by atoms with van der Waals surface area (Å²) in [5, 5.41) is 7.98. The summed E-state index contributed by atoms with van der Waals surface area (Å²) in [5.41, 5.74) is 0.840. The van der Waals surface area contributed by atoms with Crippen LogP contribution in [0.15, 0.2) is 36.9 Å². The number of para-hydroxylation sites is 1. The molecule has 0 fully saturated rings. The zero-order valence-electron chi connectivity index (χ0n) is 14.0. The lowest BCUT2D eigenvalue weighted by molar-refractivity contribution is -0.144.